The van der Waals surface area contributed by atoms with Crippen molar-refractivity contribution in [3.8, 4) is 6.07 Å². The van der Waals surface area contributed by atoms with Gasteiger partial charge in [0.2, 0.25) is 0 Å². The summed E-state index contributed by atoms with van der Waals surface area (Å²) in [4.78, 5) is 0. The van der Waals surface area contributed by atoms with Crippen LogP contribution in [0.1, 0.15) is 17.5 Å². The van der Waals surface area contributed by atoms with Gasteiger partial charge >= 0.3 is 0 Å². The van der Waals surface area contributed by atoms with Gasteiger partial charge in [-0.2, -0.15) is 5.26 Å². The van der Waals surface area contributed by atoms with Gasteiger partial charge in [-0.25, -0.2) is 4.39 Å². The maximum absolute atomic E-state index is 13.7. The Morgan fingerprint density at radius 3 is 3.06 bits per heavy atom. The highest BCUT2D eigenvalue weighted by molar-refractivity contribution is 5.34. The molecule has 1 aromatic rings. The van der Waals surface area contributed by atoms with E-state index in [9.17, 15) is 9.50 Å². The molecule has 1 aliphatic heterocycles. The molecule has 1 unspecified atom stereocenters. The number of nitriles is 1. The summed E-state index contributed by atoms with van der Waals surface area (Å²) >= 11 is 0. The van der Waals surface area contributed by atoms with Crippen molar-refractivity contribution in [3.05, 3.63) is 35.1 Å². The summed E-state index contributed by atoms with van der Waals surface area (Å²) in [5, 5.41) is 21.7. The molecular formula is C13H15FN2O2. The van der Waals surface area contributed by atoms with E-state index in [0.29, 0.717) is 31.7 Å². The van der Waals surface area contributed by atoms with Gasteiger partial charge in [0.05, 0.1) is 12.2 Å². The molecule has 0 bridgehead atoms. The molecule has 0 radical (unpaired) electrons. The van der Waals surface area contributed by atoms with E-state index in [2.05, 4.69) is 5.32 Å². The Bertz CT molecular complexity index is 465. The minimum Gasteiger partial charge on any atom is -0.386 e. The van der Waals surface area contributed by atoms with Crippen molar-refractivity contribution in [1.82, 2.24) is 5.32 Å². The Morgan fingerprint density at radius 1 is 1.56 bits per heavy atom. The lowest BCUT2D eigenvalue weighted by Crippen LogP contribution is -2.40. The van der Waals surface area contributed by atoms with E-state index in [1.807, 2.05) is 0 Å². The van der Waals surface area contributed by atoms with Crippen LogP contribution in [0.4, 0.5) is 4.39 Å². The smallest absolute Gasteiger partial charge is 0.145 e. The number of ether oxygens (including phenoxy) is 1. The summed E-state index contributed by atoms with van der Waals surface area (Å²) in [6.07, 6.45) is 0.584. The van der Waals surface area contributed by atoms with Crippen LogP contribution in [0.5, 0.6) is 0 Å². The van der Waals surface area contributed by atoms with Crippen LogP contribution in [0.15, 0.2) is 18.2 Å². The zero-order valence-electron chi connectivity index (χ0n) is 9.95. The van der Waals surface area contributed by atoms with Gasteiger partial charge in [0.1, 0.15) is 17.5 Å². The summed E-state index contributed by atoms with van der Waals surface area (Å²) < 4.78 is 18.8. The van der Waals surface area contributed by atoms with Crippen LogP contribution in [0.2, 0.25) is 0 Å². The Kier molecular flexibility index (Phi) is 3.92. The molecule has 0 amide bonds. The summed E-state index contributed by atoms with van der Waals surface area (Å²) in [6.45, 7) is 1.49. The predicted octanol–water partition coefficient (Wildman–Crippen LogP) is 0.938. The number of nitrogens with zero attached hydrogens (tertiary/aromatic N) is 1. The molecule has 1 fully saturated rings. The number of rotatable bonds is 4. The summed E-state index contributed by atoms with van der Waals surface area (Å²) in [6, 6.07) is 6.51. The quantitative estimate of drug-likeness (QED) is 0.834. The molecule has 0 aliphatic carbocycles. The molecule has 1 atom stereocenters. The Hall–Kier alpha value is -1.48. The molecule has 2 rings (SSSR count). The fourth-order valence-corrected chi connectivity index (χ4v) is 1.97. The van der Waals surface area contributed by atoms with Crippen molar-refractivity contribution >= 4 is 0 Å². The first-order valence-electron chi connectivity index (χ1n) is 5.83. The van der Waals surface area contributed by atoms with Gasteiger partial charge in [-0.3, -0.25) is 0 Å². The molecule has 1 heterocycles. The number of aliphatic hydroxyl groups is 1. The molecule has 0 aromatic heterocycles. The lowest BCUT2D eigenvalue weighted by Gasteiger charge is -2.20. The molecular weight excluding hydrogens is 235 g/mol. The van der Waals surface area contributed by atoms with E-state index in [1.54, 1.807) is 18.2 Å². The van der Waals surface area contributed by atoms with Crippen LogP contribution in [0.25, 0.3) is 0 Å². The van der Waals surface area contributed by atoms with Gasteiger partial charge in [-0.15, -0.1) is 0 Å². The first kappa shape index (κ1) is 13.0. The Labute approximate surface area is 105 Å². The first-order valence-corrected chi connectivity index (χ1v) is 5.83. The zero-order valence-corrected chi connectivity index (χ0v) is 9.95. The third kappa shape index (κ3) is 2.85. The number of halogens is 1. The monoisotopic (exact) mass is 250 g/mol. The van der Waals surface area contributed by atoms with Crippen LogP contribution in [-0.4, -0.2) is 30.5 Å². The standard InChI is InChI=1S/C13H15FN2O2/c14-12-10(6-15)2-1-3-11(12)7-16-8-13(17)4-5-18-9-13/h1-3,16-17H,4-5,7-9H2. The number of benzene rings is 1. The number of hydrogen-bond acceptors (Lipinski definition) is 4. The fraction of sp³-hybridized carbons (Fsp3) is 0.462. The molecule has 4 nitrogen and oxygen atoms in total. The first-order chi connectivity index (χ1) is 8.64. The number of nitrogens with one attached hydrogen (secondary N) is 1. The molecule has 18 heavy (non-hydrogen) atoms. The van der Waals surface area contributed by atoms with Gasteiger partial charge in [0, 0.05) is 31.7 Å². The SMILES string of the molecule is N#Cc1cccc(CNCC2(O)CCOC2)c1F. The highest BCUT2D eigenvalue weighted by Gasteiger charge is 2.31. The normalized spacial score (nSPS) is 22.9. The van der Waals surface area contributed by atoms with Crippen LogP contribution in [0, 0.1) is 17.1 Å². The molecule has 96 valence electrons. The van der Waals surface area contributed by atoms with E-state index in [1.165, 1.54) is 6.07 Å². The summed E-state index contributed by atoms with van der Waals surface area (Å²) in [5.74, 6) is -0.498. The van der Waals surface area contributed by atoms with Crippen LogP contribution < -0.4 is 5.32 Å². The van der Waals surface area contributed by atoms with Crippen molar-refractivity contribution in [2.45, 2.75) is 18.6 Å². The van der Waals surface area contributed by atoms with Gasteiger partial charge in [-0.05, 0) is 6.07 Å². The maximum atomic E-state index is 13.7. The minimum atomic E-state index is -0.858. The second-order valence-corrected chi connectivity index (χ2v) is 4.52. The molecule has 0 saturated carbocycles. The molecule has 1 aromatic carbocycles. The van der Waals surface area contributed by atoms with E-state index in [4.69, 9.17) is 10.00 Å². The zero-order chi connectivity index (χ0) is 13.0. The van der Waals surface area contributed by atoms with E-state index < -0.39 is 11.4 Å². The highest BCUT2D eigenvalue weighted by atomic mass is 19.1. The van der Waals surface area contributed by atoms with Gasteiger partial charge in [0.25, 0.3) is 0 Å². The highest BCUT2D eigenvalue weighted by Crippen LogP contribution is 2.17. The summed E-state index contributed by atoms with van der Waals surface area (Å²) in [7, 11) is 0. The third-order valence-electron chi connectivity index (χ3n) is 3.05. The van der Waals surface area contributed by atoms with Gasteiger partial charge in [-0.1, -0.05) is 12.1 Å². The summed E-state index contributed by atoms with van der Waals surface area (Å²) in [5.41, 5.74) is -0.391. The van der Waals surface area contributed by atoms with Crippen molar-refractivity contribution < 1.29 is 14.2 Å². The predicted molar refractivity (Wildman–Crippen MR) is 63.2 cm³/mol. The molecule has 2 N–H and O–H groups in total. The molecule has 0 spiro atoms. The van der Waals surface area contributed by atoms with Gasteiger partial charge in [0.15, 0.2) is 0 Å². The lowest BCUT2D eigenvalue weighted by molar-refractivity contribution is 0.0268. The molecule has 5 heteroatoms. The van der Waals surface area contributed by atoms with Crippen LogP contribution in [0.3, 0.4) is 0 Å². The molecule has 1 aliphatic rings. The second-order valence-electron chi connectivity index (χ2n) is 4.52. The van der Waals surface area contributed by atoms with Crippen LogP contribution in [-0.2, 0) is 11.3 Å². The van der Waals surface area contributed by atoms with E-state index >= 15 is 0 Å². The number of hydrogen-bond donors (Lipinski definition) is 2. The minimum absolute atomic E-state index is 0.0391. The molecule has 1 saturated heterocycles. The van der Waals surface area contributed by atoms with Crippen molar-refractivity contribution in [2.24, 2.45) is 0 Å². The average Bonchev–Trinajstić information content (AvgIpc) is 2.79. The van der Waals surface area contributed by atoms with E-state index in [-0.39, 0.29) is 12.1 Å². The van der Waals surface area contributed by atoms with Crippen LogP contribution >= 0.6 is 0 Å². The largest absolute Gasteiger partial charge is 0.386 e. The van der Waals surface area contributed by atoms with E-state index in [0.717, 1.165) is 0 Å². The Balaban J connectivity index is 1.93. The third-order valence-corrected chi connectivity index (χ3v) is 3.05. The average molecular weight is 250 g/mol. The maximum Gasteiger partial charge on any atom is 0.145 e. The lowest BCUT2D eigenvalue weighted by atomic mass is 10.0. The van der Waals surface area contributed by atoms with Crippen molar-refractivity contribution in [2.75, 3.05) is 19.8 Å². The van der Waals surface area contributed by atoms with Crippen molar-refractivity contribution in [1.29, 1.82) is 5.26 Å². The second kappa shape index (κ2) is 5.44. The van der Waals surface area contributed by atoms with Gasteiger partial charge < -0.3 is 15.2 Å². The topological polar surface area (TPSA) is 65.3 Å². The van der Waals surface area contributed by atoms with Crippen molar-refractivity contribution in [3.63, 3.8) is 0 Å². The fourth-order valence-electron chi connectivity index (χ4n) is 1.97. The Morgan fingerprint density at radius 2 is 2.39 bits per heavy atom.